The standard InChI is InChI=1S/C12H14N2O3/c1-8-11(9(2)17-13-8)6-14(3)12(15)10-4-5-16-7-10/h4-5,7H,6H2,1-3H3. The second kappa shape index (κ2) is 4.45. The number of amides is 1. The Balaban J connectivity index is 2.12. The van der Waals surface area contributed by atoms with Gasteiger partial charge in [-0.25, -0.2) is 0 Å². The Kier molecular flexibility index (Phi) is 2.99. The zero-order valence-corrected chi connectivity index (χ0v) is 10.1. The molecule has 0 bridgehead atoms. The fourth-order valence-corrected chi connectivity index (χ4v) is 1.64. The molecule has 0 aliphatic heterocycles. The van der Waals surface area contributed by atoms with E-state index in [-0.39, 0.29) is 5.91 Å². The van der Waals surface area contributed by atoms with Gasteiger partial charge in [-0.3, -0.25) is 4.79 Å². The summed E-state index contributed by atoms with van der Waals surface area (Å²) in [5.74, 6) is 0.660. The summed E-state index contributed by atoms with van der Waals surface area (Å²) in [6.45, 7) is 4.18. The van der Waals surface area contributed by atoms with Crippen LogP contribution >= 0.6 is 0 Å². The van der Waals surface area contributed by atoms with Crippen molar-refractivity contribution in [2.45, 2.75) is 20.4 Å². The van der Waals surface area contributed by atoms with Crippen molar-refractivity contribution in [3.63, 3.8) is 0 Å². The van der Waals surface area contributed by atoms with E-state index in [1.165, 1.54) is 12.5 Å². The highest BCUT2D eigenvalue weighted by atomic mass is 16.5. The molecule has 17 heavy (non-hydrogen) atoms. The van der Waals surface area contributed by atoms with Gasteiger partial charge in [-0.1, -0.05) is 5.16 Å². The minimum Gasteiger partial charge on any atom is -0.472 e. The number of rotatable bonds is 3. The van der Waals surface area contributed by atoms with Crippen molar-refractivity contribution >= 4 is 5.91 Å². The second-order valence-electron chi connectivity index (χ2n) is 3.98. The van der Waals surface area contributed by atoms with E-state index in [4.69, 9.17) is 8.94 Å². The number of carbonyl (C=O) groups excluding carboxylic acids is 1. The average molecular weight is 234 g/mol. The van der Waals surface area contributed by atoms with Crippen LogP contribution in [0.25, 0.3) is 0 Å². The molecule has 2 aromatic heterocycles. The first-order valence-electron chi connectivity index (χ1n) is 5.29. The van der Waals surface area contributed by atoms with Crippen LogP contribution in [0.2, 0.25) is 0 Å². The monoisotopic (exact) mass is 234 g/mol. The Labute approximate surface area is 99.0 Å². The zero-order chi connectivity index (χ0) is 12.4. The maximum absolute atomic E-state index is 12.0. The van der Waals surface area contributed by atoms with Gasteiger partial charge in [-0.2, -0.15) is 0 Å². The molecule has 0 fully saturated rings. The number of aromatic nitrogens is 1. The average Bonchev–Trinajstić information content (AvgIpc) is 2.93. The van der Waals surface area contributed by atoms with Crippen molar-refractivity contribution in [3.8, 4) is 0 Å². The van der Waals surface area contributed by atoms with Crippen LogP contribution in [0, 0.1) is 13.8 Å². The maximum Gasteiger partial charge on any atom is 0.257 e. The first-order chi connectivity index (χ1) is 8.09. The quantitative estimate of drug-likeness (QED) is 0.816. The lowest BCUT2D eigenvalue weighted by Gasteiger charge is -2.15. The minimum atomic E-state index is -0.0845. The lowest BCUT2D eigenvalue weighted by molar-refractivity contribution is 0.0784. The first kappa shape index (κ1) is 11.4. The molecule has 0 aromatic carbocycles. The molecule has 0 aliphatic rings. The first-order valence-corrected chi connectivity index (χ1v) is 5.29. The van der Waals surface area contributed by atoms with E-state index >= 15 is 0 Å². The lowest BCUT2D eigenvalue weighted by atomic mass is 10.2. The summed E-state index contributed by atoms with van der Waals surface area (Å²) >= 11 is 0. The van der Waals surface area contributed by atoms with E-state index in [9.17, 15) is 4.79 Å². The topological polar surface area (TPSA) is 59.5 Å². The predicted octanol–water partition coefficient (Wildman–Crippen LogP) is 2.16. The number of nitrogens with zero attached hydrogens (tertiary/aromatic N) is 2. The van der Waals surface area contributed by atoms with E-state index in [1.807, 2.05) is 13.8 Å². The van der Waals surface area contributed by atoms with Gasteiger partial charge in [-0.15, -0.1) is 0 Å². The fraction of sp³-hybridized carbons (Fsp3) is 0.333. The highest BCUT2D eigenvalue weighted by Crippen LogP contribution is 2.15. The Morgan fingerprint density at radius 1 is 1.47 bits per heavy atom. The zero-order valence-electron chi connectivity index (χ0n) is 10.1. The van der Waals surface area contributed by atoms with Gasteiger partial charge < -0.3 is 13.8 Å². The van der Waals surface area contributed by atoms with Crippen LogP contribution in [-0.2, 0) is 6.54 Å². The number of carbonyl (C=O) groups is 1. The van der Waals surface area contributed by atoms with Crippen LogP contribution in [0.1, 0.15) is 27.4 Å². The molecule has 5 nitrogen and oxygen atoms in total. The van der Waals surface area contributed by atoms with E-state index in [2.05, 4.69) is 5.16 Å². The van der Waals surface area contributed by atoms with Crippen molar-refractivity contribution < 1.29 is 13.7 Å². The summed E-state index contributed by atoms with van der Waals surface area (Å²) in [7, 11) is 1.74. The number of hydrogen-bond acceptors (Lipinski definition) is 4. The molecule has 90 valence electrons. The van der Waals surface area contributed by atoms with Crippen molar-refractivity contribution in [2.24, 2.45) is 0 Å². The summed E-state index contributed by atoms with van der Waals surface area (Å²) in [5, 5.41) is 3.86. The fourth-order valence-electron chi connectivity index (χ4n) is 1.64. The summed E-state index contributed by atoms with van der Waals surface area (Å²) in [6.07, 6.45) is 2.92. The summed E-state index contributed by atoms with van der Waals surface area (Å²) in [6, 6.07) is 1.65. The van der Waals surface area contributed by atoms with Crippen molar-refractivity contribution in [1.82, 2.24) is 10.1 Å². The number of furan rings is 1. The Bertz CT molecular complexity index is 494. The summed E-state index contributed by atoms with van der Waals surface area (Å²) in [4.78, 5) is 13.6. The van der Waals surface area contributed by atoms with Crippen molar-refractivity contribution in [2.75, 3.05) is 7.05 Å². The molecule has 2 heterocycles. The van der Waals surface area contributed by atoms with E-state index < -0.39 is 0 Å². The second-order valence-corrected chi connectivity index (χ2v) is 3.98. The number of hydrogen-bond donors (Lipinski definition) is 0. The highest BCUT2D eigenvalue weighted by Gasteiger charge is 2.17. The van der Waals surface area contributed by atoms with Crippen LogP contribution in [0.15, 0.2) is 27.5 Å². The molecule has 0 saturated heterocycles. The van der Waals surface area contributed by atoms with E-state index in [1.54, 1.807) is 18.0 Å². The van der Waals surface area contributed by atoms with Gasteiger partial charge in [0.1, 0.15) is 12.0 Å². The molecule has 1 amide bonds. The van der Waals surface area contributed by atoms with Crippen LogP contribution in [0.5, 0.6) is 0 Å². The molecule has 2 aromatic rings. The Morgan fingerprint density at radius 2 is 2.24 bits per heavy atom. The molecule has 0 radical (unpaired) electrons. The molecule has 2 rings (SSSR count). The third-order valence-corrected chi connectivity index (χ3v) is 2.69. The van der Waals surface area contributed by atoms with Crippen LogP contribution in [-0.4, -0.2) is 23.0 Å². The van der Waals surface area contributed by atoms with E-state index in [0.717, 1.165) is 17.0 Å². The van der Waals surface area contributed by atoms with Gasteiger partial charge in [0.15, 0.2) is 0 Å². The third-order valence-electron chi connectivity index (χ3n) is 2.69. The van der Waals surface area contributed by atoms with Gasteiger partial charge >= 0.3 is 0 Å². The van der Waals surface area contributed by atoms with Gasteiger partial charge in [0.05, 0.1) is 24.1 Å². The minimum absolute atomic E-state index is 0.0845. The molecule has 0 unspecified atom stereocenters. The largest absolute Gasteiger partial charge is 0.472 e. The van der Waals surface area contributed by atoms with E-state index in [0.29, 0.717) is 12.1 Å². The molecule has 0 spiro atoms. The smallest absolute Gasteiger partial charge is 0.257 e. The Hall–Kier alpha value is -2.04. The molecular formula is C12H14N2O3. The summed E-state index contributed by atoms with van der Waals surface area (Å²) in [5.41, 5.74) is 2.30. The Morgan fingerprint density at radius 3 is 2.76 bits per heavy atom. The van der Waals surface area contributed by atoms with Gasteiger partial charge in [0.25, 0.3) is 5.91 Å². The van der Waals surface area contributed by atoms with Crippen LogP contribution < -0.4 is 0 Å². The van der Waals surface area contributed by atoms with Crippen LogP contribution in [0.4, 0.5) is 0 Å². The van der Waals surface area contributed by atoms with Gasteiger partial charge in [0.2, 0.25) is 0 Å². The highest BCUT2D eigenvalue weighted by molar-refractivity contribution is 5.93. The van der Waals surface area contributed by atoms with Crippen LogP contribution in [0.3, 0.4) is 0 Å². The molecule has 5 heteroatoms. The normalized spacial score (nSPS) is 10.5. The SMILES string of the molecule is Cc1noc(C)c1CN(C)C(=O)c1ccoc1. The lowest BCUT2D eigenvalue weighted by Crippen LogP contribution is -2.26. The predicted molar refractivity (Wildman–Crippen MR) is 60.5 cm³/mol. The van der Waals surface area contributed by atoms with Gasteiger partial charge in [0, 0.05) is 12.6 Å². The van der Waals surface area contributed by atoms with Crippen molar-refractivity contribution in [3.05, 3.63) is 41.2 Å². The van der Waals surface area contributed by atoms with Gasteiger partial charge in [-0.05, 0) is 19.9 Å². The van der Waals surface area contributed by atoms with Crippen molar-refractivity contribution in [1.29, 1.82) is 0 Å². The third kappa shape index (κ3) is 2.22. The molecule has 0 aliphatic carbocycles. The maximum atomic E-state index is 12.0. The number of aryl methyl sites for hydroxylation is 2. The molecule has 0 N–H and O–H groups in total. The molecular weight excluding hydrogens is 220 g/mol. The molecule has 0 atom stereocenters. The summed E-state index contributed by atoms with van der Waals surface area (Å²) < 4.78 is 9.95. The molecule has 0 saturated carbocycles.